The van der Waals surface area contributed by atoms with E-state index in [0.29, 0.717) is 27.9 Å². The molecule has 150 valence electrons. The summed E-state index contributed by atoms with van der Waals surface area (Å²) in [5, 5.41) is 4.57. The van der Waals surface area contributed by atoms with Gasteiger partial charge in [0.1, 0.15) is 16.3 Å². The van der Waals surface area contributed by atoms with Gasteiger partial charge in [-0.05, 0) is 41.8 Å². The molecule has 1 aliphatic heterocycles. The Labute approximate surface area is 177 Å². The molecule has 0 spiro atoms. The Bertz CT molecular complexity index is 1340. The molecule has 2 aromatic heterocycles. The lowest BCUT2D eigenvalue weighted by atomic mass is 10.0. The summed E-state index contributed by atoms with van der Waals surface area (Å²) in [7, 11) is 0. The number of benzene rings is 2. The number of nitrogens with one attached hydrogen (secondary N) is 1. The quantitative estimate of drug-likeness (QED) is 0.493. The van der Waals surface area contributed by atoms with Crippen LogP contribution in [0.5, 0.6) is 0 Å². The van der Waals surface area contributed by atoms with Crippen LogP contribution in [0.3, 0.4) is 0 Å². The minimum Gasteiger partial charge on any atom is -0.397 e. The van der Waals surface area contributed by atoms with Gasteiger partial charge in [0.25, 0.3) is 5.91 Å². The van der Waals surface area contributed by atoms with Crippen molar-refractivity contribution in [1.29, 1.82) is 0 Å². The molecule has 0 bridgehead atoms. The minimum absolute atomic E-state index is 0.0450. The maximum atomic E-state index is 13.4. The van der Waals surface area contributed by atoms with Crippen molar-refractivity contribution >= 4 is 61.3 Å². The van der Waals surface area contributed by atoms with Crippen LogP contribution in [0.2, 0.25) is 0 Å². The maximum absolute atomic E-state index is 13.4. The van der Waals surface area contributed by atoms with Crippen LogP contribution >= 0.6 is 11.3 Å². The first-order chi connectivity index (χ1) is 14.4. The molecule has 6 nitrogen and oxygen atoms in total. The van der Waals surface area contributed by atoms with Gasteiger partial charge in [-0.3, -0.25) is 14.5 Å². The van der Waals surface area contributed by atoms with E-state index in [1.54, 1.807) is 6.07 Å². The first-order valence-electron chi connectivity index (χ1n) is 9.76. The molecule has 0 radical (unpaired) electrons. The van der Waals surface area contributed by atoms with Crippen LogP contribution in [-0.4, -0.2) is 23.3 Å². The Morgan fingerprint density at radius 1 is 1.20 bits per heavy atom. The van der Waals surface area contributed by atoms with Gasteiger partial charge in [-0.25, -0.2) is 4.98 Å². The molecule has 0 saturated heterocycles. The van der Waals surface area contributed by atoms with Crippen molar-refractivity contribution in [3.8, 4) is 0 Å². The van der Waals surface area contributed by atoms with E-state index in [1.165, 1.54) is 21.8 Å². The molecule has 2 amide bonds. The lowest BCUT2D eigenvalue weighted by Gasteiger charge is -2.28. The highest BCUT2D eigenvalue weighted by molar-refractivity contribution is 7.21. The number of hydrogen-bond donors (Lipinski definition) is 2. The predicted octanol–water partition coefficient (Wildman–Crippen LogP) is 4.75. The zero-order valence-electron chi connectivity index (χ0n) is 16.6. The molecule has 2 aromatic carbocycles. The Morgan fingerprint density at radius 2 is 2.00 bits per heavy atom. The van der Waals surface area contributed by atoms with Crippen LogP contribution < -0.4 is 16.0 Å². The molecule has 3 N–H and O–H groups in total. The smallest absolute Gasteiger partial charge is 0.271 e. The van der Waals surface area contributed by atoms with Crippen LogP contribution in [-0.2, 0) is 4.79 Å². The zero-order valence-corrected chi connectivity index (χ0v) is 17.4. The third-order valence-corrected chi connectivity index (χ3v) is 6.52. The summed E-state index contributed by atoms with van der Waals surface area (Å²) < 4.78 is 0. The van der Waals surface area contributed by atoms with Crippen molar-refractivity contribution in [3.63, 3.8) is 0 Å². The fraction of sp³-hybridized carbons (Fsp3) is 0.174. The number of rotatable bonds is 2. The number of nitrogens with two attached hydrogens (primary N) is 1. The second kappa shape index (κ2) is 6.81. The number of nitrogens with zero attached hydrogens (tertiary/aromatic N) is 2. The Hall–Kier alpha value is -3.45. The number of amides is 2. The summed E-state index contributed by atoms with van der Waals surface area (Å²) in [4.78, 5) is 32.8. The van der Waals surface area contributed by atoms with Crippen LogP contribution in [0.25, 0.3) is 21.1 Å². The maximum Gasteiger partial charge on any atom is 0.271 e. The number of para-hydroxylation sites is 2. The van der Waals surface area contributed by atoms with Crippen molar-refractivity contribution in [2.24, 2.45) is 0 Å². The summed E-state index contributed by atoms with van der Waals surface area (Å²) in [6, 6.07) is 15.5. The van der Waals surface area contributed by atoms with Crippen molar-refractivity contribution in [2.75, 3.05) is 22.5 Å². The first-order valence-corrected chi connectivity index (χ1v) is 10.6. The number of thiophene rings is 1. The van der Waals surface area contributed by atoms with E-state index in [1.807, 2.05) is 30.3 Å². The van der Waals surface area contributed by atoms with Gasteiger partial charge in [-0.15, -0.1) is 11.3 Å². The van der Waals surface area contributed by atoms with E-state index in [-0.39, 0.29) is 18.4 Å². The fourth-order valence-corrected chi connectivity index (χ4v) is 4.81. The third kappa shape index (κ3) is 2.90. The third-order valence-electron chi connectivity index (χ3n) is 5.41. The molecule has 3 heterocycles. The highest BCUT2D eigenvalue weighted by atomic mass is 32.1. The summed E-state index contributed by atoms with van der Waals surface area (Å²) in [6.07, 6.45) is 0. The van der Waals surface area contributed by atoms with E-state index in [0.717, 1.165) is 21.1 Å². The van der Waals surface area contributed by atoms with Gasteiger partial charge in [0, 0.05) is 10.8 Å². The van der Waals surface area contributed by atoms with E-state index < -0.39 is 0 Å². The molecule has 7 heteroatoms. The van der Waals surface area contributed by atoms with Gasteiger partial charge >= 0.3 is 0 Å². The normalized spacial score (nSPS) is 13.7. The standard InChI is InChI=1S/C23H20N4O2S/c1-12(2)13-7-8-16-14(9-13)10-15-20(24)21(30-22(15)26-16)23(29)27-11-19(28)25-17-5-3-4-6-18(17)27/h3-10,12H,11,24H2,1-2H3,(H,25,28). The predicted molar refractivity (Wildman–Crippen MR) is 122 cm³/mol. The van der Waals surface area contributed by atoms with E-state index in [2.05, 4.69) is 31.3 Å². The number of carbonyl (C=O) groups excluding carboxylic acids is 2. The molecule has 4 aromatic rings. The summed E-state index contributed by atoms with van der Waals surface area (Å²) in [6.45, 7) is 4.25. The molecular formula is C23H20N4O2S. The SMILES string of the molecule is CC(C)c1ccc2nc3sc(C(=O)N4CC(=O)Nc5ccccc54)c(N)c3cc2c1. The minimum atomic E-state index is -0.287. The second-order valence-corrected chi connectivity index (χ2v) is 8.75. The molecule has 5 rings (SSSR count). The molecule has 0 atom stereocenters. The number of carbonyl (C=O) groups is 2. The van der Waals surface area contributed by atoms with Crippen LogP contribution in [0, 0.1) is 0 Å². The summed E-state index contributed by atoms with van der Waals surface area (Å²) >= 11 is 1.27. The number of nitrogen functional groups attached to an aromatic ring is 1. The summed E-state index contributed by atoms with van der Waals surface area (Å²) in [5.74, 6) is -0.107. The largest absolute Gasteiger partial charge is 0.397 e. The second-order valence-electron chi connectivity index (χ2n) is 7.75. The molecule has 1 aliphatic rings. The fourth-order valence-electron chi connectivity index (χ4n) is 3.78. The highest BCUT2D eigenvalue weighted by Crippen LogP contribution is 2.38. The number of aromatic nitrogens is 1. The van der Waals surface area contributed by atoms with E-state index >= 15 is 0 Å². The zero-order chi connectivity index (χ0) is 21.0. The topological polar surface area (TPSA) is 88.3 Å². The van der Waals surface area contributed by atoms with Gasteiger partial charge in [-0.1, -0.05) is 32.0 Å². The number of pyridine rings is 1. The van der Waals surface area contributed by atoms with Gasteiger partial charge in [0.2, 0.25) is 5.91 Å². The van der Waals surface area contributed by atoms with Gasteiger partial charge in [0.15, 0.2) is 0 Å². The molecule has 0 fully saturated rings. The average Bonchev–Trinajstić information content (AvgIpc) is 3.06. The molecule has 0 saturated carbocycles. The Balaban J connectivity index is 1.62. The van der Waals surface area contributed by atoms with Crippen LogP contribution in [0.1, 0.15) is 35.0 Å². The molecule has 0 unspecified atom stereocenters. The highest BCUT2D eigenvalue weighted by Gasteiger charge is 2.30. The van der Waals surface area contributed by atoms with Gasteiger partial charge in [0.05, 0.1) is 22.6 Å². The summed E-state index contributed by atoms with van der Waals surface area (Å²) in [5.41, 5.74) is 10.2. The lowest BCUT2D eigenvalue weighted by molar-refractivity contribution is -0.115. The molecular weight excluding hydrogens is 396 g/mol. The van der Waals surface area contributed by atoms with E-state index in [9.17, 15) is 9.59 Å². The van der Waals surface area contributed by atoms with Gasteiger partial charge in [-0.2, -0.15) is 0 Å². The monoisotopic (exact) mass is 416 g/mol. The number of anilines is 3. The number of fused-ring (bicyclic) bond motifs is 3. The van der Waals surface area contributed by atoms with Crippen molar-refractivity contribution in [1.82, 2.24) is 4.98 Å². The first kappa shape index (κ1) is 18.6. The Kier molecular flexibility index (Phi) is 4.22. The van der Waals surface area contributed by atoms with Crippen LogP contribution in [0.15, 0.2) is 48.5 Å². The lowest BCUT2D eigenvalue weighted by Crippen LogP contribution is -2.42. The molecule has 0 aliphatic carbocycles. The van der Waals surface area contributed by atoms with Crippen molar-refractivity contribution in [3.05, 3.63) is 59.0 Å². The van der Waals surface area contributed by atoms with Crippen LogP contribution in [0.4, 0.5) is 17.1 Å². The van der Waals surface area contributed by atoms with Crippen molar-refractivity contribution < 1.29 is 9.59 Å². The Morgan fingerprint density at radius 3 is 2.80 bits per heavy atom. The van der Waals surface area contributed by atoms with Gasteiger partial charge < -0.3 is 11.1 Å². The van der Waals surface area contributed by atoms with E-state index in [4.69, 9.17) is 10.7 Å². The number of hydrogen-bond acceptors (Lipinski definition) is 5. The average molecular weight is 417 g/mol. The molecule has 30 heavy (non-hydrogen) atoms. The van der Waals surface area contributed by atoms with Crippen molar-refractivity contribution in [2.45, 2.75) is 19.8 Å².